The molecule has 0 bridgehead atoms. The number of thioether (sulfide) groups is 1. The van der Waals surface area contributed by atoms with Crippen LogP contribution in [0.2, 0.25) is 0 Å². The van der Waals surface area contributed by atoms with Gasteiger partial charge in [-0.1, -0.05) is 92.7 Å². The zero-order chi connectivity index (χ0) is 62.3. The van der Waals surface area contributed by atoms with Gasteiger partial charge in [0, 0.05) is 56.0 Å². The molecule has 3 heterocycles. The molecule has 466 valence electrons. The number of nitrogens with zero attached hydrogens (tertiary/aromatic N) is 3. The van der Waals surface area contributed by atoms with Gasteiger partial charge in [-0.3, -0.25) is 48.1 Å². The van der Waals surface area contributed by atoms with Crippen LogP contribution in [0.25, 0.3) is 10.9 Å². The van der Waals surface area contributed by atoms with Gasteiger partial charge in [0.2, 0.25) is 53.2 Å². The Balaban J connectivity index is 1.30. The normalized spacial score (nSPS) is 17.3. The van der Waals surface area contributed by atoms with Crippen molar-refractivity contribution in [2.24, 2.45) is 39.6 Å². The molecule has 2 saturated heterocycles. The van der Waals surface area contributed by atoms with E-state index >= 15 is 9.59 Å². The van der Waals surface area contributed by atoms with Gasteiger partial charge in [-0.05, 0) is 111 Å². The molecule has 2 aliphatic heterocycles. The molecule has 0 radical (unpaired) electrons. The van der Waals surface area contributed by atoms with E-state index < -0.39 is 102 Å². The number of primary amides is 1. The Hall–Kier alpha value is -8.03. The highest BCUT2D eigenvalue weighted by molar-refractivity contribution is 7.98. The van der Waals surface area contributed by atoms with Gasteiger partial charge in [-0.2, -0.15) is 11.8 Å². The van der Waals surface area contributed by atoms with Crippen LogP contribution in [0.5, 0.6) is 0 Å². The van der Waals surface area contributed by atoms with Crippen LogP contribution in [-0.4, -0.2) is 166 Å². The first-order chi connectivity index (χ1) is 41.3. The van der Waals surface area contributed by atoms with Crippen LogP contribution in [0.1, 0.15) is 94.7 Å². The van der Waals surface area contributed by atoms with Crippen molar-refractivity contribution in [1.82, 2.24) is 46.7 Å². The van der Waals surface area contributed by atoms with Gasteiger partial charge in [-0.25, -0.2) is 0 Å². The van der Waals surface area contributed by atoms with E-state index in [1.807, 2.05) is 36.6 Å². The number of hydrogen-bond donors (Lipinski definition) is 12. The lowest BCUT2D eigenvalue weighted by atomic mass is 10.00. The molecule has 5 unspecified atom stereocenters. The van der Waals surface area contributed by atoms with E-state index in [0.717, 1.165) is 10.9 Å². The van der Waals surface area contributed by atoms with Gasteiger partial charge in [0.15, 0.2) is 5.96 Å². The molecule has 9 atom stereocenters. The largest absolute Gasteiger partial charge is 0.370 e. The number of carbonyl (C=O) groups is 9. The summed E-state index contributed by atoms with van der Waals surface area (Å²) in [5.41, 5.74) is 31.9. The zero-order valence-electron chi connectivity index (χ0n) is 49.5. The first-order valence-electron chi connectivity index (χ1n) is 29.6. The summed E-state index contributed by atoms with van der Waals surface area (Å²) in [7, 11) is 0. The molecule has 9 amide bonds. The first-order valence-corrected chi connectivity index (χ1v) is 31.0. The Morgan fingerprint density at radius 2 is 1.10 bits per heavy atom. The quantitative estimate of drug-likeness (QED) is 0.0176. The number of amides is 9. The van der Waals surface area contributed by atoms with Crippen molar-refractivity contribution >= 4 is 81.8 Å². The fraction of sp³-hybridized carbons (Fsp3) is 0.508. The molecular formula is C61H87N15O9S. The lowest BCUT2D eigenvalue weighted by molar-refractivity contribution is -0.142. The smallest absolute Gasteiger partial charge is 0.245 e. The van der Waals surface area contributed by atoms with Crippen LogP contribution in [0, 0.1) is 5.92 Å². The van der Waals surface area contributed by atoms with Crippen molar-refractivity contribution in [2.75, 3.05) is 38.2 Å². The third kappa shape index (κ3) is 19.5. The Kier molecular flexibility index (Phi) is 26.2. The Morgan fingerprint density at radius 3 is 1.66 bits per heavy atom. The van der Waals surface area contributed by atoms with E-state index in [9.17, 15) is 33.6 Å². The van der Waals surface area contributed by atoms with E-state index in [1.165, 1.54) is 9.80 Å². The average Bonchev–Trinajstić information content (AvgIpc) is 3.17. The summed E-state index contributed by atoms with van der Waals surface area (Å²) in [6, 6.07) is 15.1. The molecule has 0 saturated carbocycles. The molecule has 1 aromatic heterocycles. The van der Waals surface area contributed by atoms with Gasteiger partial charge < -0.3 is 75.4 Å². The second kappa shape index (κ2) is 33.6. The maximum absolute atomic E-state index is 15.2. The fourth-order valence-electron chi connectivity index (χ4n) is 10.9. The third-order valence-electron chi connectivity index (χ3n) is 15.6. The molecular weight excluding hydrogens is 1120 g/mol. The summed E-state index contributed by atoms with van der Waals surface area (Å²) < 4.78 is 0. The van der Waals surface area contributed by atoms with E-state index in [0.29, 0.717) is 80.5 Å². The predicted molar refractivity (Wildman–Crippen MR) is 331 cm³/mol. The SMILES string of the molecule is CSCC[C@H](N)C(=O)N1CCCC1C(=O)N[C@H](Cc1ccccc1)C(=O)NC(CCCN=C(N)N)C(=O)NC(Cc1c[nH]c2ccccc12)C(=O)NC(Cc1ccccc1)C(=O)N[C@@H](CCCCN)C(=O)N1CCC[C@H]1C(=O)NC(C(N)=O)C(C)C. The number of nitrogens with two attached hydrogens (primary N) is 5. The number of likely N-dealkylation sites (tertiary alicyclic amines) is 2. The van der Waals surface area contributed by atoms with Crippen molar-refractivity contribution < 1.29 is 43.2 Å². The highest BCUT2D eigenvalue weighted by atomic mass is 32.2. The standard InChI is InChI=1S/C61H87N15O9S/c1-37(2)51(52(64)77)74-58(83)50-26-16-31-76(50)60(85)45(23-12-13-28-62)70-55(80)46(33-38-17-6-4-7-18-38)71-56(81)48(35-40-36-68-43-22-11-10-21-41(40)43)72-53(78)44(24-14-29-67-61(65)66)69-54(79)47(34-39-19-8-5-9-20-39)73-57(82)49-25-15-30-75(49)59(84)42(63)27-32-86-3/h4-11,17-22,36-37,42,44-51,68H,12-16,23-35,62-63H2,1-3H3,(H2,64,77)(H,69,79)(H,70,80)(H,71,81)(H,72,78)(H,73,82)(H,74,83)(H4,65,66,67)/t42-,44?,45-,46?,47+,48?,49?,50-,51?/m0/s1. The van der Waals surface area contributed by atoms with Gasteiger partial charge in [0.05, 0.1) is 6.04 Å². The van der Waals surface area contributed by atoms with Crippen molar-refractivity contribution in [3.05, 3.63) is 108 Å². The van der Waals surface area contributed by atoms with Gasteiger partial charge in [0.25, 0.3) is 0 Å². The molecule has 0 aliphatic carbocycles. The summed E-state index contributed by atoms with van der Waals surface area (Å²) in [6.45, 7) is 4.39. The van der Waals surface area contributed by atoms with Gasteiger partial charge in [-0.15, -0.1) is 0 Å². The molecule has 86 heavy (non-hydrogen) atoms. The topological polar surface area (TPSA) is 391 Å². The number of rotatable bonds is 33. The number of hydrogen-bond acceptors (Lipinski definition) is 13. The van der Waals surface area contributed by atoms with E-state index in [1.54, 1.807) is 86.4 Å². The number of benzene rings is 3. The highest BCUT2D eigenvalue weighted by Crippen LogP contribution is 2.24. The minimum atomic E-state index is -1.40. The van der Waals surface area contributed by atoms with Crippen LogP contribution >= 0.6 is 11.8 Å². The lowest BCUT2D eigenvalue weighted by Crippen LogP contribution is -2.61. The van der Waals surface area contributed by atoms with E-state index in [4.69, 9.17) is 28.7 Å². The summed E-state index contributed by atoms with van der Waals surface area (Å²) in [5, 5.41) is 17.9. The van der Waals surface area contributed by atoms with Crippen LogP contribution in [0.4, 0.5) is 0 Å². The number of aliphatic imine (C=N–C) groups is 1. The minimum Gasteiger partial charge on any atom is -0.370 e. The third-order valence-corrected chi connectivity index (χ3v) is 16.2. The fourth-order valence-corrected chi connectivity index (χ4v) is 11.4. The molecule has 17 N–H and O–H groups in total. The molecule has 0 spiro atoms. The van der Waals surface area contributed by atoms with Gasteiger partial charge in [0.1, 0.15) is 48.3 Å². The molecule has 6 rings (SSSR count). The first kappa shape index (κ1) is 67.1. The van der Waals surface area contributed by atoms with Crippen molar-refractivity contribution in [3.8, 4) is 0 Å². The molecule has 4 aromatic rings. The maximum Gasteiger partial charge on any atom is 0.245 e. The van der Waals surface area contributed by atoms with Crippen molar-refractivity contribution in [2.45, 2.75) is 152 Å². The highest BCUT2D eigenvalue weighted by Gasteiger charge is 2.41. The maximum atomic E-state index is 15.2. The zero-order valence-corrected chi connectivity index (χ0v) is 50.3. The summed E-state index contributed by atoms with van der Waals surface area (Å²) in [6.07, 6.45) is 6.83. The van der Waals surface area contributed by atoms with Crippen LogP contribution < -0.4 is 60.6 Å². The Labute approximate surface area is 506 Å². The number of fused-ring (bicyclic) bond motifs is 1. The molecule has 2 aliphatic rings. The predicted octanol–water partition coefficient (Wildman–Crippen LogP) is 0.491. The van der Waals surface area contributed by atoms with Crippen LogP contribution in [-0.2, 0) is 62.4 Å². The second-order valence-corrected chi connectivity index (χ2v) is 23.4. The number of H-pyrrole nitrogens is 1. The van der Waals surface area contributed by atoms with Crippen LogP contribution in [0.3, 0.4) is 0 Å². The molecule has 25 heteroatoms. The van der Waals surface area contributed by atoms with Crippen LogP contribution in [0.15, 0.2) is 96.1 Å². The number of para-hydroxylation sites is 1. The van der Waals surface area contributed by atoms with Gasteiger partial charge >= 0.3 is 0 Å². The number of unbranched alkanes of at least 4 members (excludes halogenated alkanes) is 1. The summed E-state index contributed by atoms with van der Waals surface area (Å²) >= 11 is 1.56. The van der Waals surface area contributed by atoms with Crippen molar-refractivity contribution in [1.29, 1.82) is 0 Å². The number of nitrogens with one attached hydrogen (secondary N) is 7. The molecule has 24 nitrogen and oxygen atoms in total. The van der Waals surface area contributed by atoms with E-state index in [-0.39, 0.29) is 69.4 Å². The Morgan fingerprint density at radius 1 is 0.605 bits per heavy atom. The van der Waals surface area contributed by atoms with E-state index in [2.05, 4.69) is 41.9 Å². The number of guanidine groups is 1. The molecule has 2 fully saturated rings. The number of carbonyl (C=O) groups excluding carboxylic acids is 9. The summed E-state index contributed by atoms with van der Waals surface area (Å²) in [5.74, 6) is -5.56. The Bertz CT molecular complexity index is 2960. The lowest BCUT2D eigenvalue weighted by Gasteiger charge is -2.31. The minimum absolute atomic E-state index is 0.00815. The monoisotopic (exact) mass is 1210 g/mol. The van der Waals surface area contributed by atoms with Crippen molar-refractivity contribution in [3.63, 3.8) is 0 Å². The summed E-state index contributed by atoms with van der Waals surface area (Å²) in [4.78, 5) is 139. The second-order valence-electron chi connectivity index (χ2n) is 22.4. The average molecular weight is 1210 g/mol. The molecule has 3 aromatic carbocycles. The number of aromatic nitrogens is 1. The number of aromatic amines is 1.